The van der Waals surface area contributed by atoms with Crippen LogP contribution in [0.1, 0.15) is 15.9 Å². The fourth-order valence-corrected chi connectivity index (χ4v) is 2.66. The Labute approximate surface area is 149 Å². The molecule has 0 saturated heterocycles. The van der Waals surface area contributed by atoms with Gasteiger partial charge < -0.3 is 20.1 Å². The highest BCUT2D eigenvalue weighted by Crippen LogP contribution is 2.35. The van der Waals surface area contributed by atoms with Gasteiger partial charge in [0.05, 0.1) is 7.11 Å². The molecule has 0 amide bonds. The first-order valence-corrected chi connectivity index (χ1v) is 7.85. The average Bonchev–Trinajstić information content (AvgIpc) is 2.65. The van der Waals surface area contributed by atoms with E-state index < -0.39 is 23.0 Å². The molecule has 26 heavy (non-hydrogen) atoms. The van der Waals surface area contributed by atoms with E-state index in [1.807, 2.05) is 36.4 Å². The lowest BCUT2D eigenvalue weighted by Gasteiger charge is -2.08. The van der Waals surface area contributed by atoms with E-state index in [2.05, 4.69) is 4.99 Å². The van der Waals surface area contributed by atoms with Crippen LogP contribution in [0.4, 0.5) is 0 Å². The number of rotatable bonds is 5. The topological polar surface area (TPSA) is 99.4 Å². The molecule has 6 heteroatoms. The quantitative estimate of drug-likeness (QED) is 0.372. The zero-order valence-corrected chi connectivity index (χ0v) is 14.0. The molecule has 0 fully saturated rings. The third-order valence-electron chi connectivity index (χ3n) is 4.00. The zero-order valence-electron chi connectivity index (χ0n) is 14.0. The predicted molar refractivity (Wildman–Crippen MR) is 98.7 cm³/mol. The second-order valence-corrected chi connectivity index (χ2v) is 5.66. The second kappa shape index (κ2) is 7.14. The SMILES string of the molecule is COc1ccc2ccccc2c1C=NCC(=O)c1cc(O)c(O)c(O)c1. The molecule has 3 aromatic carbocycles. The second-order valence-electron chi connectivity index (χ2n) is 5.66. The number of methoxy groups -OCH3 is 1. The predicted octanol–water partition coefficient (Wildman–Crippen LogP) is 3.27. The van der Waals surface area contributed by atoms with Crippen LogP contribution in [0.3, 0.4) is 0 Å². The van der Waals surface area contributed by atoms with Crippen LogP contribution in [0.15, 0.2) is 53.5 Å². The summed E-state index contributed by atoms with van der Waals surface area (Å²) in [6.45, 7) is -0.184. The Kier molecular flexibility index (Phi) is 4.75. The molecule has 0 saturated carbocycles. The van der Waals surface area contributed by atoms with E-state index in [-0.39, 0.29) is 12.1 Å². The van der Waals surface area contributed by atoms with E-state index in [1.54, 1.807) is 13.3 Å². The van der Waals surface area contributed by atoms with Gasteiger partial charge in [-0.2, -0.15) is 0 Å². The summed E-state index contributed by atoms with van der Waals surface area (Å²) in [6.07, 6.45) is 1.57. The number of phenols is 3. The summed E-state index contributed by atoms with van der Waals surface area (Å²) in [4.78, 5) is 16.4. The normalized spacial score (nSPS) is 11.1. The highest BCUT2D eigenvalue weighted by molar-refractivity contribution is 6.04. The van der Waals surface area contributed by atoms with Crippen molar-refractivity contribution in [1.82, 2.24) is 0 Å². The lowest BCUT2D eigenvalue weighted by Crippen LogP contribution is -2.04. The third kappa shape index (κ3) is 3.30. The van der Waals surface area contributed by atoms with E-state index >= 15 is 0 Å². The van der Waals surface area contributed by atoms with Gasteiger partial charge in [-0.1, -0.05) is 30.3 Å². The van der Waals surface area contributed by atoms with E-state index in [9.17, 15) is 20.1 Å². The van der Waals surface area contributed by atoms with Crippen molar-refractivity contribution in [1.29, 1.82) is 0 Å². The van der Waals surface area contributed by atoms with Crippen molar-refractivity contribution in [3.05, 3.63) is 59.7 Å². The molecule has 0 aromatic heterocycles. The van der Waals surface area contributed by atoms with Gasteiger partial charge in [0, 0.05) is 17.3 Å². The molecule has 3 N–H and O–H groups in total. The molecular weight excluding hydrogens is 334 g/mol. The van der Waals surface area contributed by atoms with Crippen LogP contribution in [0, 0.1) is 0 Å². The van der Waals surface area contributed by atoms with E-state index in [1.165, 1.54) is 0 Å². The number of hydrogen-bond donors (Lipinski definition) is 3. The number of carbonyl (C=O) groups is 1. The van der Waals surface area contributed by atoms with Crippen LogP contribution in [0.25, 0.3) is 10.8 Å². The van der Waals surface area contributed by atoms with Crippen molar-refractivity contribution in [3.63, 3.8) is 0 Å². The van der Waals surface area contributed by atoms with Gasteiger partial charge in [-0.05, 0) is 29.0 Å². The largest absolute Gasteiger partial charge is 0.504 e. The Bertz CT molecular complexity index is 987. The molecule has 3 rings (SSSR count). The number of hydrogen-bond acceptors (Lipinski definition) is 6. The minimum Gasteiger partial charge on any atom is -0.504 e. The van der Waals surface area contributed by atoms with Gasteiger partial charge in [0.25, 0.3) is 0 Å². The van der Waals surface area contributed by atoms with Crippen molar-refractivity contribution in [3.8, 4) is 23.0 Å². The number of ether oxygens (including phenoxy) is 1. The van der Waals surface area contributed by atoms with Crippen LogP contribution in [0.2, 0.25) is 0 Å². The van der Waals surface area contributed by atoms with E-state index in [4.69, 9.17) is 4.74 Å². The van der Waals surface area contributed by atoms with Crippen LogP contribution in [0.5, 0.6) is 23.0 Å². The van der Waals surface area contributed by atoms with Crippen molar-refractivity contribution < 1.29 is 24.9 Å². The van der Waals surface area contributed by atoms with Gasteiger partial charge in [-0.25, -0.2) is 0 Å². The molecular formula is C20H17NO5. The van der Waals surface area contributed by atoms with Crippen molar-refractivity contribution >= 4 is 22.8 Å². The Morgan fingerprint density at radius 3 is 2.46 bits per heavy atom. The first-order chi connectivity index (χ1) is 12.5. The number of aliphatic imine (C=N–C) groups is 1. The summed E-state index contributed by atoms with van der Waals surface area (Å²) in [5, 5.41) is 30.3. The molecule has 0 bridgehead atoms. The number of ketones is 1. The van der Waals surface area contributed by atoms with Gasteiger partial charge in [-0.3, -0.25) is 9.79 Å². The Hall–Kier alpha value is -3.54. The van der Waals surface area contributed by atoms with Crippen molar-refractivity contribution in [2.24, 2.45) is 4.99 Å². The monoisotopic (exact) mass is 351 g/mol. The highest BCUT2D eigenvalue weighted by Gasteiger charge is 2.13. The summed E-state index contributed by atoms with van der Waals surface area (Å²) in [5.41, 5.74) is 0.814. The molecule has 6 nitrogen and oxygen atoms in total. The van der Waals surface area contributed by atoms with Crippen LogP contribution in [-0.2, 0) is 0 Å². The minimum atomic E-state index is -0.662. The maximum Gasteiger partial charge on any atom is 0.200 e. The molecule has 0 aliphatic heterocycles. The van der Waals surface area contributed by atoms with E-state index in [0.29, 0.717) is 5.75 Å². The molecule has 3 aromatic rings. The molecule has 0 spiro atoms. The molecule has 0 heterocycles. The maximum absolute atomic E-state index is 12.2. The Morgan fingerprint density at radius 2 is 1.77 bits per heavy atom. The Morgan fingerprint density at radius 1 is 1.08 bits per heavy atom. The molecule has 0 unspecified atom stereocenters. The molecule has 0 radical (unpaired) electrons. The van der Waals surface area contributed by atoms with Crippen LogP contribution in [-0.4, -0.2) is 41.0 Å². The zero-order chi connectivity index (χ0) is 18.7. The number of aromatic hydroxyl groups is 3. The lowest BCUT2D eigenvalue weighted by molar-refractivity contribution is 0.100. The van der Waals surface area contributed by atoms with Crippen molar-refractivity contribution in [2.45, 2.75) is 0 Å². The summed E-state index contributed by atoms with van der Waals surface area (Å²) >= 11 is 0. The van der Waals surface area contributed by atoms with Gasteiger partial charge in [-0.15, -0.1) is 0 Å². The molecule has 132 valence electrons. The number of phenolic OH excluding ortho intramolecular Hbond substituents is 3. The highest BCUT2D eigenvalue weighted by atomic mass is 16.5. The van der Waals surface area contributed by atoms with Gasteiger partial charge >= 0.3 is 0 Å². The average molecular weight is 351 g/mol. The minimum absolute atomic E-state index is 0.0554. The summed E-state index contributed by atoms with van der Waals surface area (Å²) in [5.74, 6) is -1.56. The first-order valence-electron chi connectivity index (χ1n) is 7.85. The fourth-order valence-electron chi connectivity index (χ4n) is 2.66. The summed E-state index contributed by atoms with van der Waals surface area (Å²) < 4.78 is 5.37. The Balaban J connectivity index is 1.87. The van der Waals surface area contributed by atoms with Crippen molar-refractivity contribution in [2.75, 3.05) is 13.7 Å². The third-order valence-corrected chi connectivity index (χ3v) is 4.00. The maximum atomic E-state index is 12.2. The van der Waals surface area contributed by atoms with Gasteiger partial charge in [0.15, 0.2) is 23.0 Å². The first kappa shape index (κ1) is 17.3. The number of carbonyl (C=O) groups excluding carboxylic acids is 1. The summed E-state index contributed by atoms with van der Waals surface area (Å²) in [7, 11) is 1.56. The molecule has 0 atom stereocenters. The number of nitrogens with zero attached hydrogens (tertiary/aromatic N) is 1. The number of Topliss-reactive ketones (excluding diaryl/α,β-unsaturated/α-hetero) is 1. The molecule has 0 aliphatic rings. The smallest absolute Gasteiger partial charge is 0.200 e. The number of benzene rings is 3. The molecule has 0 aliphatic carbocycles. The number of fused-ring (bicyclic) bond motifs is 1. The van der Waals surface area contributed by atoms with Gasteiger partial charge in [0.1, 0.15) is 12.3 Å². The fraction of sp³-hybridized carbons (Fsp3) is 0.100. The summed E-state index contributed by atoms with van der Waals surface area (Å²) in [6, 6.07) is 13.7. The van der Waals surface area contributed by atoms with Gasteiger partial charge in [0.2, 0.25) is 0 Å². The lowest BCUT2D eigenvalue weighted by atomic mass is 10.0. The standard InChI is InChI=1S/C20H17NO5/c1-26-19-7-6-12-4-2-3-5-14(12)15(19)10-21-11-18(24)13-8-16(22)20(25)17(23)9-13/h2-10,22-23,25H,11H2,1H3. The van der Waals surface area contributed by atoms with Crippen LogP contribution < -0.4 is 4.74 Å². The van der Waals surface area contributed by atoms with E-state index in [0.717, 1.165) is 28.5 Å². The van der Waals surface area contributed by atoms with Crippen LogP contribution >= 0.6 is 0 Å².